The van der Waals surface area contributed by atoms with Crippen LogP contribution in [-0.2, 0) is 21.0 Å². The Morgan fingerprint density at radius 2 is 1.87 bits per heavy atom. The summed E-state index contributed by atoms with van der Waals surface area (Å²) in [4.78, 5) is 11.2. The Morgan fingerprint density at radius 1 is 1.22 bits per heavy atom. The minimum absolute atomic E-state index is 0.326. The van der Waals surface area contributed by atoms with Crippen LogP contribution in [-0.4, -0.2) is 27.8 Å². The van der Waals surface area contributed by atoms with Crippen molar-refractivity contribution in [3.05, 3.63) is 28.8 Å². The van der Waals surface area contributed by atoms with Gasteiger partial charge in [0.25, 0.3) is 6.43 Å². The second-order valence-electron chi connectivity index (χ2n) is 5.39. The summed E-state index contributed by atoms with van der Waals surface area (Å²) in [7, 11) is -2.84. The quantitative estimate of drug-likeness (QED) is 0.527. The number of hydrogen-bond acceptors (Lipinski definition) is 4. The van der Waals surface area contributed by atoms with Crippen LogP contribution < -0.4 is 0 Å². The van der Waals surface area contributed by atoms with E-state index in [-0.39, 0.29) is 0 Å². The molecule has 0 spiro atoms. The molecule has 0 fully saturated rings. The van der Waals surface area contributed by atoms with E-state index in [2.05, 4.69) is 4.74 Å². The standard InChI is InChI=1S/C16H22F2O4S/c1-4-5-6-7-8-11-9-10-12(16(19)22-2)13(15(17)18)14(11)23(3,20)21/h9-10,15H,4-8H2,1-3H3. The van der Waals surface area contributed by atoms with E-state index in [0.717, 1.165) is 32.6 Å². The van der Waals surface area contributed by atoms with E-state index in [1.54, 1.807) is 0 Å². The summed E-state index contributed by atoms with van der Waals surface area (Å²) in [5.74, 6) is -0.970. The molecule has 0 aromatic heterocycles. The normalized spacial score (nSPS) is 11.7. The second kappa shape index (κ2) is 8.38. The van der Waals surface area contributed by atoms with E-state index < -0.39 is 38.3 Å². The van der Waals surface area contributed by atoms with Gasteiger partial charge in [-0.15, -0.1) is 0 Å². The zero-order chi connectivity index (χ0) is 17.6. The Kier molecular flexibility index (Phi) is 7.12. The first-order chi connectivity index (χ1) is 10.7. The first-order valence-corrected chi connectivity index (χ1v) is 9.35. The van der Waals surface area contributed by atoms with Crippen molar-refractivity contribution in [1.29, 1.82) is 0 Å². The lowest BCUT2D eigenvalue weighted by atomic mass is 9.99. The minimum atomic E-state index is -3.90. The highest BCUT2D eigenvalue weighted by molar-refractivity contribution is 7.90. The number of aryl methyl sites for hydroxylation is 1. The lowest BCUT2D eigenvalue weighted by Gasteiger charge is -2.16. The first-order valence-electron chi connectivity index (χ1n) is 7.46. The van der Waals surface area contributed by atoms with Crippen LogP contribution in [0.4, 0.5) is 8.78 Å². The number of alkyl halides is 2. The smallest absolute Gasteiger partial charge is 0.338 e. The Bertz CT molecular complexity index is 654. The fourth-order valence-corrected chi connectivity index (χ4v) is 3.77. The van der Waals surface area contributed by atoms with E-state index in [9.17, 15) is 22.0 Å². The largest absolute Gasteiger partial charge is 0.465 e. The number of halogens is 2. The lowest BCUT2D eigenvalue weighted by Crippen LogP contribution is -2.14. The summed E-state index contributed by atoms with van der Waals surface area (Å²) < 4.78 is 55.5. The van der Waals surface area contributed by atoms with Crippen LogP contribution in [0, 0.1) is 0 Å². The van der Waals surface area contributed by atoms with Gasteiger partial charge >= 0.3 is 5.97 Å². The van der Waals surface area contributed by atoms with Crippen molar-refractivity contribution in [3.8, 4) is 0 Å². The van der Waals surface area contributed by atoms with Gasteiger partial charge in [0.15, 0.2) is 9.84 Å². The van der Waals surface area contributed by atoms with E-state index >= 15 is 0 Å². The van der Waals surface area contributed by atoms with Crippen LogP contribution in [0.15, 0.2) is 17.0 Å². The van der Waals surface area contributed by atoms with Gasteiger partial charge in [-0.2, -0.15) is 0 Å². The average molecular weight is 348 g/mol. The van der Waals surface area contributed by atoms with Crippen molar-refractivity contribution in [2.75, 3.05) is 13.4 Å². The molecular formula is C16H22F2O4S. The predicted octanol–water partition coefficient (Wildman–Crippen LogP) is 3.94. The van der Waals surface area contributed by atoms with Crippen LogP contribution in [0.25, 0.3) is 0 Å². The van der Waals surface area contributed by atoms with E-state index in [1.807, 2.05) is 6.92 Å². The number of rotatable bonds is 8. The number of esters is 1. The van der Waals surface area contributed by atoms with Gasteiger partial charge in [0.2, 0.25) is 0 Å². The van der Waals surface area contributed by atoms with Crippen molar-refractivity contribution >= 4 is 15.8 Å². The highest BCUT2D eigenvalue weighted by Crippen LogP contribution is 2.34. The maximum absolute atomic E-state index is 13.5. The molecule has 0 amide bonds. The molecule has 23 heavy (non-hydrogen) atoms. The van der Waals surface area contributed by atoms with Crippen molar-refractivity contribution in [2.45, 2.75) is 50.3 Å². The van der Waals surface area contributed by atoms with Crippen molar-refractivity contribution < 1.29 is 26.7 Å². The minimum Gasteiger partial charge on any atom is -0.465 e. The van der Waals surface area contributed by atoms with Gasteiger partial charge in [0, 0.05) is 6.26 Å². The number of methoxy groups -OCH3 is 1. The molecule has 0 unspecified atom stereocenters. The Balaban J connectivity index is 3.43. The van der Waals surface area contributed by atoms with Gasteiger partial charge < -0.3 is 4.74 Å². The van der Waals surface area contributed by atoms with E-state index in [4.69, 9.17) is 0 Å². The molecule has 0 aliphatic heterocycles. The number of unbranched alkanes of at least 4 members (excludes halogenated alkanes) is 3. The molecule has 0 aliphatic rings. The molecule has 4 nitrogen and oxygen atoms in total. The molecule has 0 bridgehead atoms. The van der Waals surface area contributed by atoms with Gasteiger partial charge in [0.1, 0.15) is 0 Å². The molecule has 0 N–H and O–H groups in total. The number of carbonyl (C=O) groups is 1. The van der Waals surface area contributed by atoms with Crippen LogP contribution >= 0.6 is 0 Å². The fourth-order valence-electron chi connectivity index (χ4n) is 2.53. The van der Waals surface area contributed by atoms with Crippen LogP contribution in [0.3, 0.4) is 0 Å². The fraction of sp³-hybridized carbons (Fsp3) is 0.562. The molecule has 1 aromatic carbocycles. The lowest BCUT2D eigenvalue weighted by molar-refractivity contribution is 0.0588. The molecule has 7 heteroatoms. The maximum Gasteiger partial charge on any atom is 0.338 e. The molecule has 1 rings (SSSR count). The number of carbonyl (C=O) groups excluding carboxylic acids is 1. The highest BCUT2D eigenvalue weighted by atomic mass is 32.2. The number of sulfone groups is 1. The summed E-state index contributed by atoms with van der Waals surface area (Å²) in [6.07, 6.45) is 1.79. The number of ether oxygens (including phenoxy) is 1. The van der Waals surface area contributed by atoms with E-state index in [1.165, 1.54) is 12.1 Å². The van der Waals surface area contributed by atoms with Gasteiger partial charge in [-0.25, -0.2) is 22.0 Å². The van der Waals surface area contributed by atoms with Crippen LogP contribution in [0.2, 0.25) is 0 Å². The highest BCUT2D eigenvalue weighted by Gasteiger charge is 2.29. The van der Waals surface area contributed by atoms with Gasteiger partial charge in [-0.1, -0.05) is 32.3 Å². The average Bonchev–Trinajstić information content (AvgIpc) is 2.48. The molecular weight excluding hydrogens is 326 g/mol. The third-order valence-electron chi connectivity index (χ3n) is 3.57. The molecule has 1 aromatic rings. The molecule has 130 valence electrons. The molecule has 0 saturated heterocycles. The van der Waals surface area contributed by atoms with E-state index in [0.29, 0.717) is 18.4 Å². The van der Waals surface area contributed by atoms with Gasteiger partial charge in [0.05, 0.1) is 23.1 Å². The van der Waals surface area contributed by atoms with Crippen molar-refractivity contribution in [3.63, 3.8) is 0 Å². The summed E-state index contributed by atoms with van der Waals surface area (Å²) in [5, 5.41) is 0. The summed E-state index contributed by atoms with van der Waals surface area (Å²) in [6, 6.07) is 2.65. The molecule has 0 heterocycles. The van der Waals surface area contributed by atoms with Crippen molar-refractivity contribution in [1.82, 2.24) is 0 Å². The van der Waals surface area contributed by atoms with Crippen LogP contribution in [0.5, 0.6) is 0 Å². The topological polar surface area (TPSA) is 60.4 Å². The summed E-state index contributed by atoms with van der Waals surface area (Å²) in [6.45, 7) is 2.04. The van der Waals surface area contributed by atoms with Crippen LogP contribution in [0.1, 0.15) is 60.5 Å². The monoisotopic (exact) mass is 348 g/mol. The predicted molar refractivity (Wildman–Crippen MR) is 83.7 cm³/mol. The Morgan fingerprint density at radius 3 is 2.35 bits per heavy atom. The van der Waals surface area contributed by atoms with Gasteiger partial charge in [-0.3, -0.25) is 0 Å². The zero-order valence-electron chi connectivity index (χ0n) is 13.6. The SMILES string of the molecule is CCCCCCc1ccc(C(=O)OC)c(C(F)F)c1S(C)(=O)=O. The second-order valence-corrected chi connectivity index (χ2v) is 7.34. The number of benzene rings is 1. The molecule has 0 atom stereocenters. The van der Waals surface area contributed by atoms with Crippen molar-refractivity contribution in [2.24, 2.45) is 0 Å². The molecule has 0 aliphatic carbocycles. The summed E-state index contributed by atoms with van der Waals surface area (Å²) >= 11 is 0. The van der Waals surface area contributed by atoms with Gasteiger partial charge in [-0.05, 0) is 24.5 Å². The third kappa shape index (κ3) is 4.99. The maximum atomic E-state index is 13.5. The summed E-state index contributed by atoms with van der Waals surface area (Å²) in [5.41, 5.74) is -0.834. The zero-order valence-corrected chi connectivity index (χ0v) is 14.4. The molecule has 0 saturated carbocycles. The number of hydrogen-bond donors (Lipinski definition) is 0. The third-order valence-corrected chi connectivity index (χ3v) is 4.80. The first kappa shape index (κ1) is 19.5. The Labute approximate surface area is 135 Å². The Hall–Kier alpha value is -1.50. The molecule has 0 radical (unpaired) electrons.